The van der Waals surface area contributed by atoms with Crippen LogP contribution in [0.4, 0.5) is 4.39 Å². The lowest BCUT2D eigenvalue weighted by atomic mass is 9.60. The van der Waals surface area contributed by atoms with Crippen molar-refractivity contribution in [2.24, 2.45) is 23.3 Å². The van der Waals surface area contributed by atoms with Gasteiger partial charge in [-0.2, -0.15) is 0 Å². The summed E-state index contributed by atoms with van der Waals surface area (Å²) in [5.41, 5.74) is 6.37. The number of hydrogen-bond acceptors (Lipinski definition) is 8. The molecule has 3 atom stereocenters. The molecule has 1 aromatic carbocycles. The zero-order valence-corrected chi connectivity index (χ0v) is 15.6. The zero-order chi connectivity index (χ0) is 22.1. The second-order valence-electron chi connectivity index (χ2n) is 7.84. The minimum Gasteiger partial charge on any atom is -0.511 e. The van der Waals surface area contributed by atoms with Crippen LogP contribution in [0.2, 0.25) is 0 Å². The van der Waals surface area contributed by atoms with Gasteiger partial charge in [-0.1, -0.05) is 0 Å². The van der Waals surface area contributed by atoms with Gasteiger partial charge in [0.05, 0.1) is 5.56 Å². The number of amides is 1. The van der Waals surface area contributed by atoms with Gasteiger partial charge in [0.2, 0.25) is 5.78 Å². The van der Waals surface area contributed by atoms with Gasteiger partial charge in [-0.25, -0.2) is 4.39 Å². The molecule has 8 N–H and O–H groups in total. The lowest BCUT2D eigenvalue weighted by Crippen LogP contribution is -2.57. The first-order chi connectivity index (χ1) is 14.0. The predicted octanol–water partition coefficient (Wildman–Crippen LogP) is 0.178. The maximum Gasteiger partial charge on any atom is 0.255 e. The van der Waals surface area contributed by atoms with Gasteiger partial charge in [0.25, 0.3) is 5.91 Å². The molecule has 0 aromatic heterocycles. The smallest absolute Gasteiger partial charge is 0.255 e. The van der Waals surface area contributed by atoms with Crippen molar-refractivity contribution in [1.29, 1.82) is 0 Å². The van der Waals surface area contributed by atoms with Crippen LogP contribution < -0.4 is 11.5 Å². The van der Waals surface area contributed by atoms with Gasteiger partial charge in [-0.05, 0) is 24.8 Å². The fourth-order valence-corrected chi connectivity index (χ4v) is 4.87. The van der Waals surface area contributed by atoms with Crippen LogP contribution in [-0.4, -0.2) is 43.5 Å². The number of phenols is 1. The summed E-state index contributed by atoms with van der Waals surface area (Å²) in [5, 5.41) is 42.2. The van der Waals surface area contributed by atoms with Crippen LogP contribution in [0, 0.1) is 17.7 Å². The molecule has 0 heterocycles. The summed E-state index contributed by atoms with van der Waals surface area (Å²) in [6.07, 6.45) is -0.496. The van der Waals surface area contributed by atoms with Gasteiger partial charge >= 0.3 is 0 Å². The number of primary amides is 1. The minimum absolute atomic E-state index is 0.0162. The summed E-state index contributed by atoms with van der Waals surface area (Å²) in [5.74, 6) is -8.23. The van der Waals surface area contributed by atoms with Crippen LogP contribution in [0.15, 0.2) is 28.7 Å². The summed E-state index contributed by atoms with van der Waals surface area (Å²) in [6.45, 7) is -0.203. The molecule has 0 saturated heterocycles. The molecule has 0 bridgehead atoms. The van der Waals surface area contributed by atoms with Gasteiger partial charge in [-0.3, -0.25) is 14.4 Å². The standard InChI is InChI=1S/C20H19FN2O7/c21-15-7(5-22)3-10(24)13-9(15)2-6-1-8-4-11(25)14(19(23)29)18(28)20(8,30)17(27)12(6)16(13)26/h3,6,8,24-25,27,30H,1-2,4-5,22H2,(H2,23,29)/t6?,8-,20-/m0/s1. The van der Waals surface area contributed by atoms with E-state index in [1.807, 2.05) is 0 Å². The number of aromatic hydroxyl groups is 1. The molecule has 4 rings (SSSR count). The Kier molecular flexibility index (Phi) is 4.26. The van der Waals surface area contributed by atoms with Crippen molar-refractivity contribution in [3.63, 3.8) is 0 Å². The van der Waals surface area contributed by atoms with E-state index in [1.165, 1.54) is 0 Å². The second-order valence-corrected chi connectivity index (χ2v) is 7.84. The van der Waals surface area contributed by atoms with Gasteiger partial charge in [0.15, 0.2) is 11.4 Å². The van der Waals surface area contributed by atoms with Crippen molar-refractivity contribution >= 4 is 17.5 Å². The molecular weight excluding hydrogens is 399 g/mol. The lowest BCUT2D eigenvalue weighted by Gasteiger charge is -2.45. The van der Waals surface area contributed by atoms with Gasteiger partial charge in [-0.15, -0.1) is 0 Å². The second kappa shape index (κ2) is 6.38. The van der Waals surface area contributed by atoms with Crippen LogP contribution in [0.1, 0.15) is 34.3 Å². The number of nitrogens with two attached hydrogens (primary N) is 2. The number of ketones is 2. The fraction of sp³-hybridized carbons (Fsp3) is 0.350. The van der Waals surface area contributed by atoms with Crippen LogP contribution in [-0.2, 0) is 22.6 Å². The van der Waals surface area contributed by atoms with Crippen LogP contribution in [0.5, 0.6) is 5.75 Å². The molecular formula is C20H19FN2O7. The number of rotatable bonds is 2. The highest BCUT2D eigenvalue weighted by atomic mass is 19.1. The number of halogens is 1. The highest BCUT2D eigenvalue weighted by molar-refractivity contribution is 6.24. The first-order valence-corrected chi connectivity index (χ1v) is 9.24. The molecule has 3 aliphatic carbocycles. The number of allylic oxidation sites excluding steroid dienone is 2. The molecule has 1 aromatic rings. The average molecular weight is 418 g/mol. The van der Waals surface area contributed by atoms with Gasteiger partial charge < -0.3 is 31.9 Å². The molecule has 10 heteroatoms. The molecule has 0 fully saturated rings. The number of carbonyl (C=O) groups excluding carboxylic acids is 3. The van der Waals surface area contributed by atoms with E-state index in [2.05, 4.69) is 0 Å². The molecule has 1 unspecified atom stereocenters. The third-order valence-corrected chi connectivity index (χ3v) is 6.29. The molecule has 3 aliphatic rings. The van der Waals surface area contributed by atoms with Crippen molar-refractivity contribution in [2.45, 2.75) is 31.4 Å². The van der Waals surface area contributed by atoms with E-state index >= 15 is 0 Å². The summed E-state index contributed by atoms with van der Waals surface area (Å²) < 4.78 is 14.8. The number of hydrogen-bond donors (Lipinski definition) is 6. The molecule has 1 amide bonds. The Morgan fingerprint density at radius 1 is 1.23 bits per heavy atom. The van der Waals surface area contributed by atoms with E-state index in [9.17, 15) is 39.2 Å². The quantitative estimate of drug-likeness (QED) is 0.367. The predicted molar refractivity (Wildman–Crippen MR) is 98.7 cm³/mol. The van der Waals surface area contributed by atoms with Crippen LogP contribution in [0.25, 0.3) is 0 Å². The number of benzene rings is 1. The Morgan fingerprint density at radius 2 is 1.90 bits per heavy atom. The van der Waals surface area contributed by atoms with Crippen molar-refractivity contribution in [3.05, 3.63) is 51.2 Å². The van der Waals surface area contributed by atoms with Crippen molar-refractivity contribution < 1.29 is 39.2 Å². The molecule has 30 heavy (non-hydrogen) atoms. The Labute approximate surface area is 169 Å². The highest BCUT2D eigenvalue weighted by Crippen LogP contribution is 2.51. The summed E-state index contributed by atoms with van der Waals surface area (Å²) >= 11 is 0. The number of aliphatic hydroxyl groups is 3. The first-order valence-electron chi connectivity index (χ1n) is 9.24. The molecule has 158 valence electrons. The number of Topliss-reactive ketones (excluding diaryl/α,β-unsaturated/α-hetero) is 2. The lowest BCUT2D eigenvalue weighted by molar-refractivity contribution is -0.144. The van der Waals surface area contributed by atoms with E-state index < -0.39 is 63.6 Å². The van der Waals surface area contributed by atoms with E-state index in [4.69, 9.17) is 11.5 Å². The molecule has 0 radical (unpaired) electrons. The van der Waals surface area contributed by atoms with E-state index in [0.717, 1.165) is 6.07 Å². The Morgan fingerprint density at radius 3 is 2.50 bits per heavy atom. The summed E-state index contributed by atoms with van der Waals surface area (Å²) in [6, 6.07) is 1.02. The van der Waals surface area contributed by atoms with E-state index in [-0.39, 0.29) is 48.1 Å². The number of phenolic OH excluding ortho intramolecular Hbond substituents is 1. The maximum atomic E-state index is 14.8. The normalized spacial score (nSPS) is 28.2. The van der Waals surface area contributed by atoms with Crippen molar-refractivity contribution in [2.75, 3.05) is 0 Å². The number of carbonyl (C=O) groups is 3. The monoisotopic (exact) mass is 418 g/mol. The Hall–Kier alpha value is -3.24. The summed E-state index contributed by atoms with van der Waals surface area (Å²) in [4.78, 5) is 37.4. The average Bonchev–Trinajstić information content (AvgIpc) is 2.66. The van der Waals surface area contributed by atoms with E-state index in [1.54, 1.807) is 0 Å². The topological polar surface area (TPSA) is 184 Å². The molecule has 0 saturated carbocycles. The number of aliphatic hydroxyl groups excluding tert-OH is 2. The third kappa shape index (κ3) is 2.37. The Bertz CT molecular complexity index is 1110. The van der Waals surface area contributed by atoms with Crippen molar-refractivity contribution in [1.82, 2.24) is 0 Å². The molecule has 9 nitrogen and oxygen atoms in total. The fourth-order valence-electron chi connectivity index (χ4n) is 4.87. The van der Waals surface area contributed by atoms with E-state index in [0.29, 0.717) is 0 Å². The molecule has 0 aliphatic heterocycles. The van der Waals surface area contributed by atoms with Crippen LogP contribution in [0.3, 0.4) is 0 Å². The Balaban J connectivity index is 1.92. The largest absolute Gasteiger partial charge is 0.511 e. The van der Waals surface area contributed by atoms with Crippen LogP contribution >= 0.6 is 0 Å². The first kappa shape index (κ1) is 20.0. The minimum atomic E-state index is -2.64. The maximum absolute atomic E-state index is 14.8. The van der Waals surface area contributed by atoms with Gasteiger partial charge in [0.1, 0.15) is 28.7 Å². The van der Waals surface area contributed by atoms with Crippen molar-refractivity contribution in [3.8, 4) is 5.75 Å². The molecule has 0 spiro atoms. The zero-order valence-electron chi connectivity index (χ0n) is 15.6. The summed E-state index contributed by atoms with van der Waals surface area (Å²) in [7, 11) is 0. The third-order valence-electron chi connectivity index (χ3n) is 6.29. The highest BCUT2D eigenvalue weighted by Gasteiger charge is 2.59. The SMILES string of the molecule is NCc1cc(O)c2c(c1F)CC1C[C@H]3CC(O)=C(C(N)=O)C(=O)[C@@]3(O)C(O)=C1C2=O. The van der Waals surface area contributed by atoms with Gasteiger partial charge in [0, 0.05) is 35.6 Å². The number of fused-ring (bicyclic) bond motifs is 3.